The van der Waals surface area contributed by atoms with Crippen LogP contribution in [0.25, 0.3) is 0 Å². The zero-order chi connectivity index (χ0) is 13.8. The van der Waals surface area contributed by atoms with Crippen molar-refractivity contribution in [2.24, 2.45) is 0 Å². The Morgan fingerprint density at radius 1 is 1.37 bits per heavy atom. The van der Waals surface area contributed by atoms with E-state index in [1.54, 1.807) is 12.3 Å². The van der Waals surface area contributed by atoms with E-state index in [0.717, 1.165) is 24.5 Å². The van der Waals surface area contributed by atoms with Gasteiger partial charge in [-0.3, -0.25) is 0 Å². The molecule has 3 nitrogen and oxygen atoms in total. The number of nitrogens with zero attached hydrogens (tertiary/aromatic N) is 2. The molecule has 0 fully saturated rings. The van der Waals surface area contributed by atoms with Crippen molar-refractivity contribution in [1.29, 1.82) is 0 Å². The van der Waals surface area contributed by atoms with E-state index in [1.807, 2.05) is 18.3 Å². The van der Waals surface area contributed by atoms with Gasteiger partial charge in [0.15, 0.2) is 0 Å². The third-order valence-corrected chi connectivity index (χ3v) is 3.59. The first-order valence-corrected chi connectivity index (χ1v) is 7.10. The summed E-state index contributed by atoms with van der Waals surface area (Å²) in [5.41, 5.74) is 1.03. The van der Waals surface area contributed by atoms with Crippen molar-refractivity contribution in [3.8, 4) is 0 Å². The lowest BCUT2D eigenvalue weighted by Crippen LogP contribution is -2.12. The van der Waals surface area contributed by atoms with E-state index in [9.17, 15) is 0 Å². The summed E-state index contributed by atoms with van der Waals surface area (Å²) >= 11 is 12.2. The Morgan fingerprint density at radius 3 is 2.84 bits per heavy atom. The van der Waals surface area contributed by atoms with Gasteiger partial charge in [-0.1, -0.05) is 36.2 Å². The van der Waals surface area contributed by atoms with Gasteiger partial charge in [0.25, 0.3) is 0 Å². The Morgan fingerprint density at radius 2 is 2.16 bits per heavy atom. The van der Waals surface area contributed by atoms with Gasteiger partial charge in [0, 0.05) is 29.0 Å². The van der Waals surface area contributed by atoms with Gasteiger partial charge >= 0.3 is 0 Å². The van der Waals surface area contributed by atoms with Gasteiger partial charge < -0.3 is 9.88 Å². The fourth-order valence-corrected chi connectivity index (χ4v) is 2.56. The number of anilines is 1. The molecule has 0 saturated heterocycles. The Bertz CT molecular complexity index is 551. The number of imidazole rings is 1. The topological polar surface area (TPSA) is 29.9 Å². The van der Waals surface area contributed by atoms with Crippen molar-refractivity contribution in [2.75, 3.05) is 11.9 Å². The van der Waals surface area contributed by atoms with Crippen molar-refractivity contribution < 1.29 is 0 Å². The van der Waals surface area contributed by atoms with Crippen LogP contribution in [0.2, 0.25) is 10.0 Å². The summed E-state index contributed by atoms with van der Waals surface area (Å²) in [5.74, 6) is 0.861. The maximum atomic E-state index is 6.26. The van der Waals surface area contributed by atoms with Crippen molar-refractivity contribution in [2.45, 2.75) is 26.3 Å². The summed E-state index contributed by atoms with van der Waals surface area (Å²) in [5, 5.41) is 4.63. The molecule has 0 radical (unpaired) electrons. The average molecular weight is 298 g/mol. The van der Waals surface area contributed by atoms with E-state index in [2.05, 4.69) is 28.7 Å². The lowest BCUT2D eigenvalue weighted by Gasteiger charge is -2.18. The van der Waals surface area contributed by atoms with Crippen LogP contribution >= 0.6 is 23.2 Å². The third-order valence-electron chi connectivity index (χ3n) is 3.03. The third kappa shape index (κ3) is 3.23. The van der Waals surface area contributed by atoms with Crippen molar-refractivity contribution >= 4 is 29.2 Å². The van der Waals surface area contributed by atoms with Crippen molar-refractivity contribution in [3.05, 3.63) is 46.2 Å². The predicted octanol–water partition coefficient (Wildman–Crippen LogP) is 4.62. The van der Waals surface area contributed by atoms with E-state index in [1.165, 1.54) is 0 Å². The number of benzene rings is 1. The van der Waals surface area contributed by atoms with Crippen molar-refractivity contribution in [1.82, 2.24) is 9.55 Å². The zero-order valence-electron chi connectivity index (χ0n) is 11.0. The summed E-state index contributed by atoms with van der Waals surface area (Å²) in [6.07, 6.45) is 4.80. The highest BCUT2D eigenvalue weighted by molar-refractivity contribution is 6.35. The molecule has 5 heteroatoms. The van der Waals surface area contributed by atoms with Gasteiger partial charge in [0.2, 0.25) is 5.95 Å². The summed E-state index contributed by atoms with van der Waals surface area (Å²) in [6.45, 7) is 5.12. The summed E-state index contributed by atoms with van der Waals surface area (Å²) in [6, 6.07) is 5.69. The second-order valence-electron chi connectivity index (χ2n) is 4.43. The molecule has 1 atom stereocenters. The second-order valence-corrected chi connectivity index (χ2v) is 5.27. The molecule has 0 aliphatic rings. The lowest BCUT2D eigenvalue weighted by atomic mass is 10.1. The standard InChI is InChI=1S/C14H17Cl2N3/c1-3-6-17-14-18-7-8-19(14)10(2)12-5-4-11(15)9-13(12)16/h4-5,7-10H,3,6H2,1-2H3,(H,17,18). The van der Waals surface area contributed by atoms with Gasteiger partial charge in [-0.25, -0.2) is 4.98 Å². The highest BCUT2D eigenvalue weighted by Gasteiger charge is 2.14. The lowest BCUT2D eigenvalue weighted by molar-refractivity contribution is 0.643. The highest BCUT2D eigenvalue weighted by Crippen LogP contribution is 2.29. The van der Waals surface area contributed by atoms with Crippen LogP contribution in [0, 0.1) is 0 Å². The summed E-state index contributed by atoms with van der Waals surface area (Å²) in [4.78, 5) is 4.33. The molecule has 1 unspecified atom stereocenters. The molecule has 0 amide bonds. The Balaban J connectivity index is 2.28. The molecule has 1 heterocycles. The number of aromatic nitrogens is 2. The number of halogens is 2. The summed E-state index contributed by atoms with van der Waals surface area (Å²) < 4.78 is 2.07. The smallest absolute Gasteiger partial charge is 0.203 e. The SMILES string of the molecule is CCCNc1nccn1C(C)c1ccc(Cl)cc1Cl. The molecule has 1 aromatic carbocycles. The molecule has 19 heavy (non-hydrogen) atoms. The molecule has 2 aromatic rings. The van der Waals surface area contributed by atoms with Crippen LogP contribution in [0.4, 0.5) is 5.95 Å². The van der Waals surface area contributed by atoms with E-state index in [4.69, 9.17) is 23.2 Å². The molecule has 0 aliphatic carbocycles. The van der Waals surface area contributed by atoms with Crippen LogP contribution in [-0.4, -0.2) is 16.1 Å². The minimum absolute atomic E-state index is 0.103. The fraction of sp³-hybridized carbons (Fsp3) is 0.357. The molecule has 1 aromatic heterocycles. The number of rotatable bonds is 5. The Hall–Kier alpha value is -1.19. The first-order valence-electron chi connectivity index (χ1n) is 6.35. The van der Waals surface area contributed by atoms with Crippen LogP contribution in [-0.2, 0) is 0 Å². The molecule has 0 saturated carbocycles. The zero-order valence-corrected chi connectivity index (χ0v) is 12.5. The first kappa shape index (κ1) is 14.2. The molecular weight excluding hydrogens is 281 g/mol. The molecule has 2 rings (SSSR count). The monoisotopic (exact) mass is 297 g/mol. The number of nitrogens with one attached hydrogen (secondary N) is 1. The maximum absolute atomic E-state index is 6.26. The number of hydrogen-bond donors (Lipinski definition) is 1. The number of hydrogen-bond acceptors (Lipinski definition) is 2. The minimum atomic E-state index is 0.103. The normalized spacial score (nSPS) is 12.4. The highest BCUT2D eigenvalue weighted by atomic mass is 35.5. The first-order chi connectivity index (χ1) is 9.13. The van der Waals surface area contributed by atoms with Gasteiger partial charge in [-0.2, -0.15) is 0 Å². The van der Waals surface area contributed by atoms with E-state index in [0.29, 0.717) is 10.0 Å². The van der Waals surface area contributed by atoms with Gasteiger partial charge in [-0.15, -0.1) is 0 Å². The van der Waals surface area contributed by atoms with Gasteiger partial charge in [0.05, 0.1) is 6.04 Å². The van der Waals surface area contributed by atoms with E-state index in [-0.39, 0.29) is 6.04 Å². The molecular formula is C14H17Cl2N3. The average Bonchev–Trinajstić information content (AvgIpc) is 2.83. The van der Waals surface area contributed by atoms with Crippen LogP contribution in [0.1, 0.15) is 31.9 Å². The van der Waals surface area contributed by atoms with Gasteiger partial charge in [-0.05, 0) is 31.0 Å². The predicted molar refractivity (Wildman–Crippen MR) is 81.3 cm³/mol. The molecule has 102 valence electrons. The summed E-state index contributed by atoms with van der Waals surface area (Å²) in [7, 11) is 0. The molecule has 0 bridgehead atoms. The van der Waals surface area contributed by atoms with Crippen LogP contribution in [0.15, 0.2) is 30.6 Å². The second kappa shape index (κ2) is 6.31. The van der Waals surface area contributed by atoms with Crippen molar-refractivity contribution in [3.63, 3.8) is 0 Å². The fourth-order valence-electron chi connectivity index (χ4n) is 1.99. The minimum Gasteiger partial charge on any atom is -0.356 e. The maximum Gasteiger partial charge on any atom is 0.203 e. The quantitative estimate of drug-likeness (QED) is 0.872. The van der Waals surface area contributed by atoms with Crippen LogP contribution in [0.3, 0.4) is 0 Å². The van der Waals surface area contributed by atoms with Crippen LogP contribution < -0.4 is 5.32 Å². The molecule has 1 N–H and O–H groups in total. The Labute approximate surface area is 123 Å². The van der Waals surface area contributed by atoms with Gasteiger partial charge in [0.1, 0.15) is 0 Å². The van der Waals surface area contributed by atoms with E-state index < -0.39 is 0 Å². The van der Waals surface area contributed by atoms with Crippen LogP contribution in [0.5, 0.6) is 0 Å². The molecule has 0 spiro atoms. The molecule has 0 aliphatic heterocycles. The largest absolute Gasteiger partial charge is 0.356 e. The Kier molecular flexibility index (Phi) is 4.72. The van der Waals surface area contributed by atoms with E-state index >= 15 is 0 Å².